The standard InChI is InChI=1S/C14H20N4O2S/c1-2-16-13-6-3-4-7-14(13)21(19,20)17-8-5-10-18-11-9-15-12-18/h3-4,6-7,9,11-12,16-17H,2,5,8,10H2,1H3. The SMILES string of the molecule is CCNc1ccccc1S(=O)(=O)NCCCn1ccnc1. The molecule has 1 aromatic heterocycles. The summed E-state index contributed by atoms with van der Waals surface area (Å²) in [6.07, 6.45) is 5.99. The van der Waals surface area contributed by atoms with Crippen molar-refractivity contribution < 1.29 is 8.42 Å². The van der Waals surface area contributed by atoms with Gasteiger partial charge in [-0.3, -0.25) is 0 Å². The van der Waals surface area contributed by atoms with Crippen molar-refractivity contribution in [2.24, 2.45) is 0 Å². The van der Waals surface area contributed by atoms with Crippen molar-refractivity contribution in [3.05, 3.63) is 43.0 Å². The summed E-state index contributed by atoms with van der Waals surface area (Å²) in [5, 5.41) is 3.06. The molecule has 2 aromatic rings. The molecule has 0 spiro atoms. The molecule has 0 fully saturated rings. The van der Waals surface area contributed by atoms with Gasteiger partial charge in [0.1, 0.15) is 4.90 Å². The third-order valence-electron chi connectivity index (χ3n) is 2.99. The summed E-state index contributed by atoms with van der Waals surface area (Å²) < 4.78 is 29.2. The molecular formula is C14H20N4O2S. The van der Waals surface area contributed by atoms with Crippen LogP contribution in [0, 0.1) is 0 Å². The highest BCUT2D eigenvalue weighted by molar-refractivity contribution is 7.89. The van der Waals surface area contributed by atoms with Gasteiger partial charge in [0, 0.05) is 32.0 Å². The molecule has 0 aliphatic rings. The summed E-state index contributed by atoms with van der Waals surface area (Å²) in [6.45, 7) is 3.73. The lowest BCUT2D eigenvalue weighted by atomic mass is 10.3. The zero-order valence-electron chi connectivity index (χ0n) is 12.0. The number of para-hydroxylation sites is 1. The summed E-state index contributed by atoms with van der Waals surface area (Å²) in [4.78, 5) is 4.23. The molecule has 0 saturated heterocycles. The van der Waals surface area contributed by atoms with E-state index < -0.39 is 10.0 Å². The highest BCUT2D eigenvalue weighted by Crippen LogP contribution is 2.20. The Labute approximate surface area is 125 Å². The van der Waals surface area contributed by atoms with E-state index in [0.717, 1.165) is 6.54 Å². The number of sulfonamides is 1. The number of hydrogen-bond donors (Lipinski definition) is 2. The van der Waals surface area contributed by atoms with E-state index in [0.29, 0.717) is 25.2 Å². The van der Waals surface area contributed by atoms with Gasteiger partial charge in [-0.2, -0.15) is 0 Å². The number of aromatic nitrogens is 2. The molecule has 2 N–H and O–H groups in total. The Hall–Kier alpha value is -1.86. The van der Waals surface area contributed by atoms with E-state index in [4.69, 9.17) is 0 Å². The van der Waals surface area contributed by atoms with Crippen LogP contribution in [0.1, 0.15) is 13.3 Å². The Kier molecular flexibility index (Phi) is 5.35. The maximum Gasteiger partial charge on any atom is 0.242 e. The first kappa shape index (κ1) is 15.5. The van der Waals surface area contributed by atoms with Gasteiger partial charge < -0.3 is 9.88 Å². The lowest BCUT2D eigenvalue weighted by Crippen LogP contribution is -2.26. The summed E-state index contributed by atoms with van der Waals surface area (Å²) >= 11 is 0. The van der Waals surface area contributed by atoms with Crippen molar-refractivity contribution in [1.82, 2.24) is 14.3 Å². The van der Waals surface area contributed by atoms with Crippen LogP contribution in [0.5, 0.6) is 0 Å². The molecule has 2 rings (SSSR count). The van der Waals surface area contributed by atoms with Crippen molar-refractivity contribution in [3.63, 3.8) is 0 Å². The molecule has 1 aromatic carbocycles. The van der Waals surface area contributed by atoms with Crippen LogP contribution in [-0.4, -0.2) is 31.1 Å². The summed E-state index contributed by atoms with van der Waals surface area (Å²) in [5.41, 5.74) is 0.627. The molecular weight excluding hydrogens is 288 g/mol. The van der Waals surface area contributed by atoms with Gasteiger partial charge in [0.25, 0.3) is 0 Å². The number of nitrogens with one attached hydrogen (secondary N) is 2. The zero-order valence-corrected chi connectivity index (χ0v) is 12.8. The minimum Gasteiger partial charge on any atom is -0.384 e. The number of hydrogen-bond acceptors (Lipinski definition) is 4. The molecule has 0 atom stereocenters. The van der Waals surface area contributed by atoms with Crippen LogP contribution >= 0.6 is 0 Å². The predicted octanol–water partition coefficient (Wildman–Crippen LogP) is 1.68. The second-order valence-electron chi connectivity index (χ2n) is 4.58. The van der Waals surface area contributed by atoms with E-state index >= 15 is 0 Å². The molecule has 0 aliphatic carbocycles. The third-order valence-corrected chi connectivity index (χ3v) is 4.51. The van der Waals surface area contributed by atoms with E-state index in [2.05, 4.69) is 15.0 Å². The van der Waals surface area contributed by atoms with Crippen molar-refractivity contribution in [1.29, 1.82) is 0 Å². The smallest absolute Gasteiger partial charge is 0.242 e. The quantitative estimate of drug-likeness (QED) is 0.728. The van der Waals surface area contributed by atoms with Crippen LogP contribution in [0.25, 0.3) is 0 Å². The van der Waals surface area contributed by atoms with Crippen LogP contribution in [0.15, 0.2) is 47.9 Å². The lowest BCUT2D eigenvalue weighted by molar-refractivity contribution is 0.570. The molecule has 0 bridgehead atoms. The van der Waals surface area contributed by atoms with Crippen molar-refractivity contribution in [2.45, 2.75) is 24.8 Å². The number of anilines is 1. The molecule has 0 aliphatic heterocycles. The Morgan fingerprint density at radius 3 is 2.81 bits per heavy atom. The number of nitrogens with zero attached hydrogens (tertiary/aromatic N) is 2. The Morgan fingerprint density at radius 1 is 1.29 bits per heavy atom. The van der Waals surface area contributed by atoms with Crippen molar-refractivity contribution in [3.8, 4) is 0 Å². The number of rotatable bonds is 8. The van der Waals surface area contributed by atoms with E-state index in [9.17, 15) is 8.42 Å². The van der Waals surface area contributed by atoms with Crippen LogP contribution in [0.3, 0.4) is 0 Å². The van der Waals surface area contributed by atoms with Gasteiger partial charge in [0.2, 0.25) is 10.0 Å². The largest absolute Gasteiger partial charge is 0.384 e. The first-order valence-electron chi connectivity index (χ1n) is 6.92. The van der Waals surface area contributed by atoms with Gasteiger partial charge in [-0.1, -0.05) is 12.1 Å². The van der Waals surface area contributed by atoms with Gasteiger partial charge in [0.05, 0.1) is 12.0 Å². The van der Waals surface area contributed by atoms with Crippen molar-refractivity contribution >= 4 is 15.7 Å². The number of aryl methyl sites for hydroxylation is 1. The maximum atomic E-state index is 12.3. The molecule has 0 amide bonds. The summed E-state index contributed by atoms with van der Waals surface area (Å²) in [7, 11) is -3.49. The third kappa shape index (κ3) is 4.30. The van der Waals surface area contributed by atoms with Crippen LogP contribution in [0.2, 0.25) is 0 Å². The topological polar surface area (TPSA) is 76.0 Å². The average molecular weight is 308 g/mol. The Bertz CT molecular complexity index is 653. The average Bonchev–Trinajstić information content (AvgIpc) is 2.98. The van der Waals surface area contributed by atoms with E-state index in [1.54, 1.807) is 30.7 Å². The van der Waals surface area contributed by atoms with Gasteiger partial charge >= 0.3 is 0 Å². The van der Waals surface area contributed by atoms with E-state index in [1.807, 2.05) is 23.8 Å². The lowest BCUT2D eigenvalue weighted by Gasteiger charge is -2.12. The molecule has 0 unspecified atom stereocenters. The fourth-order valence-electron chi connectivity index (χ4n) is 2.00. The first-order valence-corrected chi connectivity index (χ1v) is 8.40. The monoisotopic (exact) mass is 308 g/mol. The highest BCUT2D eigenvalue weighted by atomic mass is 32.2. The molecule has 1 heterocycles. The van der Waals surface area contributed by atoms with Crippen LogP contribution < -0.4 is 10.0 Å². The van der Waals surface area contributed by atoms with Gasteiger partial charge in [-0.05, 0) is 25.5 Å². The predicted molar refractivity (Wildman–Crippen MR) is 82.6 cm³/mol. The fourth-order valence-corrected chi connectivity index (χ4v) is 3.26. The van der Waals surface area contributed by atoms with Crippen LogP contribution in [0.4, 0.5) is 5.69 Å². The van der Waals surface area contributed by atoms with Gasteiger partial charge in [0.15, 0.2) is 0 Å². The number of imidazole rings is 1. The second kappa shape index (κ2) is 7.24. The second-order valence-corrected chi connectivity index (χ2v) is 6.31. The Balaban J connectivity index is 1.95. The molecule has 0 radical (unpaired) electrons. The zero-order chi connectivity index (χ0) is 15.1. The normalized spacial score (nSPS) is 11.5. The van der Waals surface area contributed by atoms with Crippen molar-refractivity contribution in [2.75, 3.05) is 18.4 Å². The Morgan fingerprint density at radius 2 is 2.10 bits per heavy atom. The maximum absolute atomic E-state index is 12.3. The minimum absolute atomic E-state index is 0.287. The minimum atomic E-state index is -3.49. The van der Waals surface area contributed by atoms with E-state index in [-0.39, 0.29) is 4.90 Å². The van der Waals surface area contributed by atoms with E-state index in [1.165, 1.54) is 0 Å². The molecule has 114 valence electrons. The fraction of sp³-hybridized carbons (Fsp3) is 0.357. The first-order chi connectivity index (χ1) is 10.1. The molecule has 6 nitrogen and oxygen atoms in total. The molecule has 7 heteroatoms. The molecule has 21 heavy (non-hydrogen) atoms. The van der Waals surface area contributed by atoms with Gasteiger partial charge in [-0.25, -0.2) is 18.1 Å². The van der Waals surface area contributed by atoms with Crippen LogP contribution in [-0.2, 0) is 16.6 Å². The van der Waals surface area contributed by atoms with Gasteiger partial charge in [-0.15, -0.1) is 0 Å². The highest BCUT2D eigenvalue weighted by Gasteiger charge is 2.17. The molecule has 0 saturated carbocycles. The number of benzene rings is 1. The summed E-state index contributed by atoms with van der Waals surface area (Å²) in [5.74, 6) is 0. The summed E-state index contributed by atoms with van der Waals surface area (Å²) in [6, 6.07) is 6.91.